The van der Waals surface area contributed by atoms with E-state index >= 15 is 4.39 Å². The van der Waals surface area contributed by atoms with E-state index in [2.05, 4.69) is 0 Å². The summed E-state index contributed by atoms with van der Waals surface area (Å²) in [4.78, 5) is 13.5. The molecule has 1 aliphatic rings. The molecule has 8 heteroatoms. The van der Waals surface area contributed by atoms with Crippen molar-refractivity contribution in [2.24, 2.45) is 0 Å². The van der Waals surface area contributed by atoms with E-state index in [4.69, 9.17) is 14.1 Å². The molecule has 0 spiro atoms. The SMILES string of the molecule is Cc1c(Oc2cccc(CN(C)C(=O)OC(C)(C)C)c2F)ccc2c1B(O)OC2. The summed E-state index contributed by atoms with van der Waals surface area (Å²) in [7, 11) is 0.541. The molecule has 1 heterocycles. The lowest BCUT2D eigenvalue weighted by Gasteiger charge is -2.25. The van der Waals surface area contributed by atoms with Gasteiger partial charge in [-0.3, -0.25) is 0 Å². The van der Waals surface area contributed by atoms with Crippen molar-refractivity contribution in [1.82, 2.24) is 4.90 Å². The molecule has 0 atom stereocenters. The lowest BCUT2D eigenvalue weighted by atomic mass is 9.76. The van der Waals surface area contributed by atoms with Crippen molar-refractivity contribution in [2.45, 2.75) is 46.4 Å². The fourth-order valence-electron chi connectivity index (χ4n) is 3.13. The van der Waals surface area contributed by atoms with Gasteiger partial charge in [0.05, 0.1) is 13.2 Å². The molecule has 3 rings (SSSR count). The van der Waals surface area contributed by atoms with E-state index in [1.165, 1.54) is 11.0 Å². The Kier molecular flexibility index (Phi) is 5.86. The molecule has 2 aromatic carbocycles. The van der Waals surface area contributed by atoms with Crippen LogP contribution in [0, 0.1) is 12.7 Å². The summed E-state index contributed by atoms with van der Waals surface area (Å²) in [6, 6.07) is 8.31. The summed E-state index contributed by atoms with van der Waals surface area (Å²) in [6.45, 7) is 7.48. The smallest absolute Gasteiger partial charge is 0.454 e. The van der Waals surface area contributed by atoms with Gasteiger partial charge in [0.25, 0.3) is 0 Å². The van der Waals surface area contributed by atoms with E-state index in [9.17, 15) is 9.82 Å². The van der Waals surface area contributed by atoms with Crippen molar-refractivity contribution in [3.05, 3.63) is 52.8 Å². The van der Waals surface area contributed by atoms with E-state index in [0.29, 0.717) is 28.9 Å². The lowest BCUT2D eigenvalue weighted by Crippen LogP contribution is -2.34. The van der Waals surface area contributed by atoms with Gasteiger partial charge in [-0.15, -0.1) is 0 Å². The number of fused-ring (bicyclic) bond motifs is 1. The van der Waals surface area contributed by atoms with Gasteiger partial charge < -0.3 is 24.1 Å². The highest BCUT2D eigenvalue weighted by Gasteiger charge is 2.30. The van der Waals surface area contributed by atoms with E-state index < -0.39 is 24.6 Å². The maximum atomic E-state index is 15.0. The molecule has 1 aliphatic heterocycles. The number of rotatable bonds is 4. The van der Waals surface area contributed by atoms with Crippen LogP contribution in [-0.2, 0) is 22.5 Å². The number of ether oxygens (including phenoxy) is 2. The number of hydrogen-bond acceptors (Lipinski definition) is 5. The average molecular weight is 401 g/mol. The first-order valence-electron chi connectivity index (χ1n) is 9.38. The fraction of sp³-hybridized carbons (Fsp3) is 0.381. The lowest BCUT2D eigenvalue weighted by molar-refractivity contribution is 0.0283. The number of nitrogens with zero attached hydrogens (tertiary/aromatic N) is 1. The Morgan fingerprint density at radius 3 is 2.69 bits per heavy atom. The summed E-state index contributed by atoms with van der Waals surface area (Å²) >= 11 is 0. The van der Waals surface area contributed by atoms with Gasteiger partial charge in [-0.1, -0.05) is 18.2 Å². The molecule has 6 nitrogen and oxygen atoms in total. The zero-order valence-corrected chi connectivity index (χ0v) is 17.3. The normalized spacial score (nSPS) is 13.3. The van der Waals surface area contributed by atoms with Crippen molar-refractivity contribution < 1.29 is 28.3 Å². The predicted molar refractivity (Wildman–Crippen MR) is 108 cm³/mol. The third-order valence-corrected chi connectivity index (χ3v) is 4.57. The number of benzene rings is 2. The minimum atomic E-state index is -1.01. The fourth-order valence-corrected chi connectivity index (χ4v) is 3.13. The van der Waals surface area contributed by atoms with Crippen LogP contribution in [0.3, 0.4) is 0 Å². The molecule has 0 aliphatic carbocycles. The van der Waals surface area contributed by atoms with Gasteiger partial charge in [0.1, 0.15) is 11.4 Å². The first-order chi connectivity index (χ1) is 13.6. The third-order valence-electron chi connectivity index (χ3n) is 4.57. The molecule has 1 amide bonds. The highest BCUT2D eigenvalue weighted by molar-refractivity contribution is 6.62. The van der Waals surface area contributed by atoms with Gasteiger partial charge in [0.15, 0.2) is 11.6 Å². The highest BCUT2D eigenvalue weighted by atomic mass is 19.1. The van der Waals surface area contributed by atoms with Crippen LogP contribution in [0.15, 0.2) is 30.3 Å². The summed E-state index contributed by atoms with van der Waals surface area (Å²) in [6.07, 6.45) is -0.535. The van der Waals surface area contributed by atoms with Crippen LogP contribution in [0.25, 0.3) is 0 Å². The Hall–Kier alpha value is -2.58. The van der Waals surface area contributed by atoms with Crippen molar-refractivity contribution in [1.29, 1.82) is 0 Å². The van der Waals surface area contributed by atoms with Gasteiger partial charge in [-0.25, -0.2) is 9.18 Å². The van der Waals surface area contributed by atoms with Crippen LogP contribution < -0.4 is 10.2 Å². The standard InChI is InChI=1S/C21H25BFNO5/c1-13-16(10-9-15-12-27-22(26)18(13)15)28-17-8-6-7-14(19(17)23)11-24(5)20(25)29-21(2,3)4/h6-10,26H,11-12H2,1-5H3. The summed E-state index contributed by atoms with van der Waals surface area (Å²) < 4.78 is 31.4. The van der Waals surface area contributed by atoms with Gasteiger partial charge in [0, 0.05) is 12.6 Å². The first kappa shape index (κ1) is 21.1. The molecule has 2 aromatic rings. The molecule has 29 heavy (non-hydrogen) atoms. The van der Waals surface area contributed by atoms with E-state index in [1.54, 1.807) is 59.0 Å². The minimum Gasteiger partial charge on any atom is -0.454 e. The van der Waals surface area contributed by atoms with Crippen LogP contribution in [0.1, 0.15) is 37.5 Å². The molecule has 0 aromatic heterocycles. The quantitative estimate of drug-likeness (QED) is 0.795. The Morgan fingerprint density at radius 2 is 2.00 bits per heavy atom. The highest BCUT2D eigenvalue weighted by Crippen LogP contribution is 2.30. The van der Waals surface area contributed by atoms with Gasteiger partial charge in [-0.2, -0.15) is 0 Å². The van der Waals surface area contributed by atoms with Crippen molar-refractivity contribution in [3.8, 4) is 11.5 Å². The summed E-state index contributed by atoms with van der Waals surface area (Å²) in [5.41, 5.74) is 1.91. The van der Waals surface area contributed by atoms with E-state index in [-0.39, 0.29) is 12.3 Å². The number of amides is 1. The third kappa shape index (κ3) is 4.71. The number of halogens is 1. The largest absolute Gasteiger partial charge is 0.492 e. The summed E-state index contributed by atoms with van der Waals surface area (Å²) in [5, 5.41) is 9.98. The second-order valence-electron chi connectivity index (χ2n) is 8.09. The maximum absolute atomic E-state index is 15.0. The molecular weight excluding hydrogens is 376 g/mol. The second kappa shape index (κ2) is 8.04. The van der Waals surface area contributed by atoms with Gasteiger partial charge in [0.2, 0.25) is 0 Å². The Balaban J connectivity index is 1.80. The first-order valence-corrected chi connectivity index (χ1v) is 9.38. The molecule has 0 bridgehead atoms. The van der Waals surface area contributed by atoms with Crippen LogP contribution in [-0.4, -0.2) is 35.8 Å². The minimum absolute atomic E-state index is 0.0354. The van der Waals surface area contributed by atoms with Gasteiger partial charge in [-0.05, 0) is 56.4 Å². The van der Waals surface area contributed by atoms with E-state index in [0.717, 1.165) is 5.56 Å². The van der Waals surface area contributed by atoms with Gasteiger partial charge >= 0.3 is 13.2 Å². The Bertz CT molecular complexity index is 928. The van der Waals surface area contributed by atoms with Crippen molar-refractivity contribution >= 4 is 18.7 Å². The maximum Gasteiger partial charge on any atom is 0.492 e. The molecule has 1 N–H and O–H groups in total. The molecule has 0 radical (unpaired) electrons. The Labute approximate surface area is 170 Å². The van der Waals surface area contributed by atoms with Crippen LogP contribution in [0.5, 0.6) is 11.5 Å². The molecule has 0 saturated heterocycles. The zero-order chi connectivity index (χ0) is 21.3. The van der Waals surface area contributed by atoms with Crippen molar-refractivity contribution in [3.63, 3.8) is 0 Å². The molecular formula is C21H25BFNO5. The Morgan fingerprint density at radius 1 is 1.28 bits per heavy atom. The number of carbonyl (C=O) groups is 1. The monoisotopic (exact) mass is 401 g/mol. The summed E-state index contributed by atoms with van der Waals surface area (Å²) in [5.74, 6) is -0.0824. The predicted octanol–water partition coefficient (Wildman–Crippen LogP) is 3.51. The molecule has 154 valence electrons. The number of hydrogen-bond donors (Lipinski definition) is 1. The topological polar surface area (TPSA) is 68.2 Å². The van der Waals surface area contributed by atoms with Crippen LogP contribution in [0.2, 0.25) is 0 Å². The average Bonchev–Trinajstić information content (AvgIpc) is 3.00. The second-order valence-corrected chi connectivity index (χ2v) is 8.09. The zero-order valence-electron chi connectivity index (χ0n) is 17.3. The molecule has 0 fully saturated rings. The van der Waals surface area contributed by atoms with E-state index in [1.807, 2.05) is 0 Å². The van der Waals surface area contributed by atoms with Crippen LogP contribution >= 0.6 is 0 Å². The number of carbonyl (C=O) groups excluding carboxylic acids is 1. The van der Waals surface area contributed by atoms with Crippen LogP contribution in [0.4, 0.5) is 9.18 Å². The molecule has 0 unspecified atom stereocenters. The van der Waals surface area contributed by atoms with Crippen molar-refractivity contribution in [2.75, 3.05) is 7.05 Å². The molecule has 0 saturated carbocycles.